The average Bonchev–Trinajstić information content (AvgIpc) is 2.65. The summed E-state index contributed by atoms with van der Waals surface area (Å²) in [4.78, 5) is 10.6. The van der Waals surface area contributed by atoms with Gasteiger partial charge in [-0.05, 0) is 54.2 Å². The second-order valence-corrected chi connectivity index (χ2v) is 6.82. The molecular weight excluding hydrogens is 387 g/mol. The fourth-order valence-corrected chi connectivity index (χ4v) is 3.08. The van der Waals surface area contributed by atoms with Crippen LogP contribution >= 0.6 is 35.4 Å². The number of thiocarbonyl (C=S) groups is 1. The van der Waals surface area contributed by atoms with Crippen molar-refractivity contribution in [2.75, 3.05) is 5.32 Å². The predicted octanol–water partition coefficient (Wildman–Crippen LogP) is 5.18. The fraction of sp³-hybridized carbons (Fsp3) is 0.105. The highest BCUT2D eigenvalue weighted by molar-refractivity contribution is 7.80. The fourth-order valence-electron chi connectivity index (χ4n) is 2.38. The van der Waals surface area contributed by atoms with Crippen molar-refractivity contribution in [1.82, 2.24) is 14.9 Å². The zero-order valence-electron chi connectivity index (χ0n) is 13.8. The van der Waals surface area contributed by atoms with Crippen molar-refractivity contribution in [2.24, 2.45) is 0 Å². The Hall–Kier alpha value is -2.21. The summed E-state index contributed by atoms with van der Waals surface area (Å²) in [5, 5.41) is 4.83. The highest BCUT2D eigenvalue weighted by atomic mass is 35.5. The third kappa shape index (κ3) is 5.14. The lowest BCUT2D eigenvalue weighted by molar-refractivity contribution is 0.407. The molecule has 0 spiro atoms. The molecule has 26 heavy (non-hydrogen) atoms. The van der Waals surface area contributed by atoms with Gasteiger partial charge in [-0.3, -0.25) is 9.97 Å². The minimum Gasteiger partial charge on any atom is -0.339 e. The number of nitrogens with zero attached hydrogens (tertiary/aromatic N) is 3. The summed E-state index contributed by atoms with van der Waals surface area (Å²) in [7, 11) is 0. The third-order valence-electron chi connectivity index (χ3n) is 3.64. The van der Waals surface area contributed by atoms with Gasteiger partial charge in [-0.2, -0.15) is 0 Å². The molecule has 0 unspecified atom stereocenters. The van der Waals surface area contributed by atoms with E-state index in [9.17, 15) is 0 Å². The Morgan fingerprint density at radius 2 is 1.92 bits per heavy atom. The number of rotatable bonds is 5. The molecule has 0 saturated heterocycles. The first-order valence-corrected chi connectivity index (χ1v) is 9.08. The van der Waals surface area contributed by atoms with Crippen molar-refractivity contribution in [3.8, 4) is 0 Å². The van der Waals surface area contributed by atoms with E-state index in [1.165, 1.54) is 0 Å². The molecule has 0 aliphatic heterocycles. The average molecular weight is 403 g/mol. The van der Waals surface area contributed by atoms with E-state index in [1.54, 1.807) is 30.6 Å². The molecule has 0 radical (unpaired) electrons. The van der Waals surface area contributed by atoms with Gasteiger partial charge in [0.2, 0.25) is 0 Å². The van der Waals surface area contributed by atoms with Crippen LogP contribution < -0.4 is 5.32 Å². The van der Waals surface area contributed by atoms with E-state index in [0.29, 0.717) is 33.9 Å². The number of nitrogens with one attached hydrogen (secondary N) is 1. The smallest absolute Gasteiger partial charge is 0.174 e. The van der Waals surface area contributed by atoms with Crippen LogP contribution in [0.5, 0.6) is 0 Å². The van der Waals surface area contributed by atoms with Crippen molar-refractivity contribution in [3.63, 3.8) is 0 Å². The maximum atomic E-state index is 6.25. The van der Waals surface area contributed by atoms with Crippen molar-refractivity contribution >= 4 is 46.2 Å². The van der Waals surface area contributed by atoms with Gasteiger partial charge in [0, 0.05) is 30.2 Å². The molecule has 0 bridgehead atoms. The molecule has 0 saturated carbocycles. The summed E-state index contributed by atoms with van der Waals surface area (Å²) in [6.07, 6.45) is 5.34. The molecule has 3 aromatic rings. The summed E-state index contributed by atoms with van der Waals surface area (Å²) in [6, 6.07) is 15.0. The summed E-state index contributed by atoms with van der Waals surface area (Å²) >= 11 is 17.8. The molecular formula is C19H16Cl2N4S. The Balaban J connectivity index is 1.80. The third-order valence-corrected chi connectivity index (χ3v) is 4.54. The highest BCUT2D eigenvalue weighted by Crippen LogP contribution is 2.26. The Bertz CT molecular complexity index is 834. The molecule has 2 aromatic heterocycles. The number of hydrogen-bond acceptors (Lipinski definition) is 3. The van der Waals surface area contributed by atoms with Gasteiger partial charge in [-0.25, -0.2) is 0 Å². The van der Waals surface area contributed by atoms with Crippen LogP contribution in [0.3, 0.4) is 0 Å². The van der Waals surface area contributed by atoms with Crippen LogP contribution in [0.2, 0.25) is 10.0 Å². The number of pyridine rings is 2. The summed E-state index contributed by atoms with van der Waals surface area (Å²) in [6.45, 7) is 1.16. The van der Waals surface area contributed by atoms with Crippen molar-refractivity contribution in [1.29, 1.82) is 0 Å². The highest BCUT2D eigenvalue weighted by Gasteiger charge is 2.14. The normalized spacial score (nSPS) is 10.4. The standard InChI is InChI=1S/C19H16Cl2N4S/c20-15-6-7-18(17(21)10-15)24-19(26)25(12-14-4-3-8-22-11-14)13-16-5-1-2-9-23-16/h1-11H,12-13H2,(H,24,26). The molecule has 132 valence electrons. The first kappa shape index (κ1) is 18.6. The number of hydrogen-bond donors (Lipinski definition) is 1. The molecule has 1 aromatic carbocycles. The molecule has 2 heterocycles. The summed E-state index contributed by atoms with van der Waals surface area (Å²) in [5.74, 6) is 0. The monoisotopic (exact) mass is 402 g/mol. The number of halogens is 2. The van der Waals surface area contributed by atoms with Crippen LogP contribution in [0, 0.1) is 0 Å². The van der Waals surface area contributed by atoms with E-state index in [4.69, 9.17) is 35.4 Å². The van der Waals surface area contributed by atoms with E-state index in [2.05, 4.69) is 15.3 Å². The zero-order chi connectivity index (χ0) is 18.4. The maximum absolute atomic E-state index is 6.25. The maximum Gasteiger partial charge on any atom is 0.174 e. The molecule has 3 rings (SSSR count). The van der Waals surface area contributed by atoms with Crippen molar-refractivity contribution in [2.45, 2.75) is 13.1 Å². The van der Waals surface area contributed by atoms with Crippen LogP contribution in [0.1, 0.15) is 11.3 Å². The predicted molar refractivity (Wildman–Crippen MR) is 110 cm³/mol. The van der Waals surface area contributed by atoms with E-state index in [0.717, 1.165) is 11.3 Å². The van der Waals surface area contributed by atoms with E-state index < -0.39 is 0 Å². The number of aromatic nitrogens is 2. The van der Waals surface area contributed by atoms with Crippen LogP contribution in [0.4, 0.5) is 5.69 Å². The Morgan fingerprint density at radius 3 is 2.62 bits per heavy atom. The lowest BCUT2D eigenvalue weighted by atomic mass is 10.2. The van der Waals surface area contributed by atoms with E-state index in [1.807, 2.05) is 41.4 Å². The minimum absolute atomic E-state index is 0.513. The lowest BCUT2D eigenvalue weighted by Gasteiger charge is -2.26. The number of benzene rings is 1. The summed E-state index contributed by atoms with van der Waals surface area (Å²) < 4.78 is 0. The van der Waals surface area contributed by atoms with Gasteiger partial charge < -0.3 is 10.2 Å². The molecule has 0 atom stereocenters. The topological polar surface area (TPSA) is 41.0 Å². The molecule has 0 aliphatic carbocycles. The van der Waals surface area contributed by atoms with Gasteiger partial charge in [-0.15, -0.1) is 0 Å². The van der Waals surface area contributed by atoms with Gasteiger partial charge in [0.15, 0.2) is 5.11 Å². The minimum atomic E-state index is 0.513. The second kappa shape index (κ2) is 8.94. The molecule has 4 nitrogen and oxygen atoms in total. The van der Waals surface area contributed by atoms with Gasteiger partial charge in [0.1, 0.15) is 0 Å². The largest absolute Gasteiger partial charge is 0.339 e. The van der Waals surface area contributed by atoms with Crippen LogP contribution in [0.25, 0.3) is 0 Å². The lowest BCUT2D eigenvalue weighted by Crippen LogP contribution is -2.34. The van der Waals surface area contributed by atoms with Gasteiger partial charge in [0.25, 0.3) is 0 Å². The van der Waals surface area contributed by atoms with Crippen molar-refractivity contribution < 1.29 is 0 Å². The molecule has 0 aliphatic rings. The molecule has 0 fully saturated rings. The van der Waals surface area contributed by atoms with E-state index >= 15 is 0 Å². The first-order valence-electron chi connectivity index (χ1n) is 7.91. The number of anilines is 1. The van der Waals surface area contributed by atoms with Gasteiger partial charge in [-0.1, -0.05) is 35.3 Å². The van der Waals surface area contributed by atoms with Crippen LogP contribution in [-0.2, 0) is 13.1 Å². The first-order chi connectivity index (χ1) is 12.6. The molecule has 0 amide bonds. The van der Waals surface area contributed by atoms with Crippen molar-refractivity contribution in [3.05, 3.63) is 88.4 Å². The van der Waals surface area contributed by atoms with Gasteiger partial charge in [0.05, 0.1) is 22.9 Å². The quantitative estimate of drug-likeness (QED) is 0.595. The second-order valence-electron chi connectivity index (χ2n) is 5.59. The Kier molecular flexibility index (Phi) is 6.39. The SMILES string of the molecule is S=C(Nc1ccc(Cl)cc1Cl)N(Cc1cccnc1)Cc1ccccn1. The molecule has 1 N–H and O–H groups in total. The Morgan fingerprint density at radius 1 is 1.04 bits per heavy atom. The van der Waals surface area contributed by atoms with Crippen LogP contribution in [-0.4, -0.2) is 20.0 Å². The Labute approximate surface area is 167 Å². The molecule has 7 heteroatoms. The summed E-state index contributed by atoms with van der Waals surface area (Å²) in [5.41, 5.74) is 2.68. The zero-order valence-corrected chi connectivity index (χ0v) is 16.1. The van der Waals surface area contributed by atoms with Crippen LogP contribution in [0.15, 0.2) is 67.1 Å². The van der Waals surface area contributed by atoms with E-state index in [-0.39, 0.29) is 0 Å². The van der Waals surface area contributed by atoms with Gasteiger partial charge >= 0.3 is 0 Å².